The Kier molecular flexibility index (Phi) is 4.25. The molecule has 0 radical (unpaired) electrons. The second-order valence-corrected chi connectivity index (χ2v) is 6.05. The van der Waals surface area contributed by atoms with Gasteiger partial charge in [-0.05, 0) is 41.1 Å². The molecule has 1 aromatic rings. The number of rotatable bonds is 2. The van der Waals surface area contributed by atoms with Crippen molar-refractivity contribution < 1.29 is 13.2 Å². The molecule has 3 unspecified atom stereocenters. The first-order chi connectivity index (χ1) is 8.80. The monoisotopic (exact) mass is 339 g/mol. The Bertz CT molecular complexity index is 424. The molecular formula is C12H17BrF3N3. The fraction of sp³-hybridized carbons (Fsp3) is 0.750. The van der Waals surface area contributed by atoms with Crippen molar-refractivity contribution in [2.45, 2.75) is 37.9 Å². The molecular weight excluding hydrogens is 323 g/mol. The molecule has 1 aliphatic carbocycles. The van der Waals surface area contributed by atoms with E-state index in [4.69, 9.17) is 5.73 Å². The fourth-order valence-corrected chi connectivity index (χ4v) is 3.48. The first kappa shape index (κ1) is 14.8. The molecule has 0 saturated heterocycles. The van der Waals surface area contributed by atoms with Crippen molar-refractivity contribution in [2.75, 3.05) is 0 Å². The highest BCUT2D eigenvalue weighted by Gasteiger charge is 2.43. The fourth-order valence-electron chi connectivity index (χ4n) is 2.87. The standard InChI is InChI=1S/C12H17BrF3N3/c1-19-11(9(13)6-18-19)10(17)7-3-2-4-8(5-7)12(14,15)16/h6-8,10H,2-5,17H2,1H3. The summed E-state index contributed by atoms with van der Waals surface area (Å²) < 4.78 is 40.8. The van der Waals surface area contributed by atoms with E-state index in [2.05, 4.69) is 21.0 Å². The highest BCUT2D eigenvalue weighted by atomic mass is 79.9. The van der Waals surface area contributed by atoms with Gasteiger partial charge in [0.25, 0.3) is 0 Å². The van der Waals surface area contributed by atoms with Crippen molar-refractivity contribution in [2.24, 2.45) is 24.6 Å². The maximum Gasteiger partial charge on any atom is 0.391 e. The molecule has 1 aliphatic rings. The quantitative estimate of drug-likeness (QED) is 0.895. The van der Waals surface area contributed by atoms with Gasteiger partial charge < -0.3 is 5.73 Å². The normalized spacial score (nSPS) is 26.4. The maximum atomic E-state index is 12.8. The highest BCUT2D eigenvalue weighted by Crippen LogP contribution is 2.43. The van der Waals surface area contributed by atoms with Crippen LogP contribution in [0.15, 0.2) is 10.7 Å². The topological polar surface area (TPSA) is 43.8 Å². The number of hydrogen-bond acceptors (Lipinski definition) is 2. The van der Waals surface area contributed by atoms with Crippen LogP contribution in [0.5, 0.6) is 0 Å². The van der Waals surface area contributed by atoms with Crippen LogP contribution >= 0.6 is 15.9 Å². The highest BCUT2D eigenvalue weighted by molar-refractivity contribution is 9.10. The van der Waals surface area contributed by atoms with Gasteiger partial charge in [0.2, 0.25) is 0 Å². The second-order valence-electron chi connectivity index (χ2n) is 5.19. The van der Waals surface area contributed by atoms with Gasteiger partial charge in [0, 0.05) is 7.05 Å². The number of nitrogens with zero attached hydrogens (tertiary/aromatic N) is 2. The van der Waals surface area contributed by atoms with Gasteiger partial charge in [0.15, 0.2) is 0 Å². The number of aryl methyl sites for hydroxylation is 1. The zero-order valence-corrected chi connectivity index (χ0v) is 12.2. The summed E-state index contributed by atoms with van der Waals surface area (Å²) in [5.41, 5.74) is 6.93. The van der Waals surface area contributed by atoms with Gasteiger partial charge >= 0.3 is 6.18 Å². The van der Waals surface area contributed by atoms with Crippen LogP contribution in [0.2, 0.25) is 0 Å². The Morgan fingerprint density at radius 3 is 2.68 bits per heavy atom. The van der Waals surface area contributed by atoms with Crippen LogP contribution in [-0.4, -0.2) is 16.0 Å². The minimum Gasteiger partial charge on any atom is -0.322 e. The number of halogens is 4. The largest absolute Gasteiger partial charge is 0.391 e. The molecule has 0 aliphatic heterocycles. The van der Waals surface area contributed by atoms with Crippen LogP contribution in [-0.2, 0) is 7.05 Å². The zero-order chi connectivity index (χ0) is 14.2. The van der Waals surface area contributed by atoms with E-state index >= 15 is 0 Å². The first-order valence-corrected chi connectivity index (χ1v) is 7.09. The molecule has 1 aromatic heterocycles. The molecule has 1 fully saturated rings. The van der Waals surface area contributed by atoms with Gasteiger partial charge in [-0.15, -0.1) is 0 Å². The smallest absolute Gasteiger partial charge is 0.322 e. The van der Waals surface area contributed by atoms with E-state index < -0.39 is 18.1 Å². The predicted molar refractivity (Wildman–Crippen MR) is 69.3 cm³/mol. The second kappa shape index (κ2) is 5.44. The lowest BCUT2D eigenvalue weighted by molar-refractivity contribution is -0.186. The number of hydrogen-bond donors (Lipinski definition) is 1. The molecule has 1 saturated carbocycles. The summed E-state index contributed by atoms with van der Waals surface area (Å²) in [7, 11) is 1.75. The third-order valence-electron chi connectivity index (χ3n) is 3.94. The van der Waals surface area contributed by atoms with E-state index in [1.54, 1.807) is 17.9 Å². The van der Waals surface area contributed by atoms with Crippen molar-refractivity contribution >= 4 is 15.9 Å². The van der Waals surface area contributed by atoms with E-state index in [0.29, 0.717) is 6.42 Å². The van der Waals surface area contributed by atoms with Crippen LogP contribution in [0.3, 0.4) is 0 Å². The zero-order valence-electron chi connectivity index (χ0n) is 10.6. The Morgan fingerprint density at radius 1 is 1.47 bits per heavy atom. The summed E-state index contributed by atoms with van der Waals surface area (Å²) in [6, 6.07) is -0.410. The molecule has 0 aromatic carbocycles. The molecule has 2 N–H and O–H groups in total. The van der Waals surface area contributed by atoms with Crippen molar-refractivity contribution in [3.8, 4) is 0 Å². The summed E-state index contributed by atoms with van der Waals surface area (Å²) >= 11 is 3.35. The van der Waals surface area contributed by atoms with Gasteiger partial charge in [-0.25, -0.2) is 0 Å². The third kappa shape index (κ3) is 3.13. The van der Waals surface area contributed by atoms with Crippen LogP contribution in [0.4, 0.5) is 13.2 Å². The van der Waals surface area contributed by atoms with Gasteiger partial charge in [-0.3, -0.25) is 4.68 Å². The van der Waals surface area contributed by atoms with Crippen LogP contribution in [0.25, 0.3) is 0 Å². The summed E-state index contributed by atoms with van der Waals surface area (Å²) in [4.78, 5) is 0. The van der Waals surface area contributed by atoms with Crippen LogP contribution in [0.1, 0.15) is 37.4 Å². The number of nitrogens with two attached hydrogens (primary N) is 1. The van der Waals surface area contributed by atoms with Gasteiger partial charge in [0.1, 0.15) is 0 Å². The third-order valence-corrected chi connectivity index (χ3v) is 4.55. The molecule has 0 spiro atoms. The average molecular weight is 340 g/mol. The van der Waals surface area contributed by atoms with Crippen molar-refractivity contribution in [1.82, 2.24) is 9.78 Å². The molecule has 0 bridgehead atoms. The molecule has 3 nitrogen and oxygen atoms in total. The predicted octanol–water partition coefficient (Wildman–Crippen LogP) is 3.55. The van der Waals surface area contributed by atoms with E-state index in [1.165, 1.54) is 0 Å². The molecule has 3 atom stereocenters. The Labute approximate surface area is 118 Å². The summed E-state index contributed by atoms with van der Waals surface area (Å²) in [5.74, 6) is -1.36. The molecule has 108 valence electrons. The molecule has 19 heavy (non-hydrogen) atoms. The lowest BCUT2D eigenvalue weighted by atomic mass is 9.77. The lowest BCUT2D eigenvalue weighted by Gasteiger charge is -2.33. The van der Waals surface area contributed by atoms with E-state index in [9.17, 15) is 13.2 Å². The summed E-state index contributed by atoms with van der Waals surface area (Å²) in [5, 5.41) is 4.07. The molecule has 1 heterocycles. The SMILES string of the molecule is Cn1ncc(Br)c1C(N)C1CCCC(C(F)(F)F)C1. The number of aromatic nitrogens is 2. The minimum absolute atomic E-state index is 0.113. The number of alkyl halides is 3. The Hall–Kier alpha value is -0.560. The Morgan fingerprint density at radius 2 is 2.16 bits per heavy atom. The molecule has 2 rings (SSSR count). The van der Waals surface area contributed by atoms with Gasteiger partial charge in [-0.2, -0.15) is 18.3 Å². The van der Waals surface area contributed by atoms with Crippen molar-refractivity contribution in [1.29, 1.82) is 0 Å². The lowest BCUT2D eigenvalue weighted by Crippen LogP contribution is -2.34. The van der Waals surface area contributed by atoms with E-state index in [0.717, 1.165) is 16.6 Å². The summed E-state index contributed by atoms with van der Waals surface area (Å²) in [6.45, 7) is 0. The van der Waals surface area contributed by atoms with Crippen molar-refractivity contribution in [3.63, 3.8) is 0 Å². The van der Waals surface area contributed by atoms with E-state index in [1.807, 2.05) is 0 Å². The van der Waals surface area contributed by atoms with Gasteiger partial charge in [-0.1, -0.05) is 6.42 Å². The average Bonchev–Trinajstić information content (AvgIpc) is 2.67. The van der Waals surface area contributed by atoms with Crippen LogP contribution in [0, 0.1) is 11.8 Å². The Balaban J connectivity index is 2.14. The molecule has 7 heteroatoms. The maximum absolute atomic E-state index is 12.8. The summed E-state index contributed by atoms with van der Waals surface area (Å²) in [6.07, 6.45) is -0.827. The van der Waals surface area contributed by atoms with Gasteiger partial charge in [0.05, 0.1) is 28.3 Å². The van der Waals surface area contributed by atoms with E-state index in [-0.39, 0.29) is 18.8 Å². The van der Waals surface area contributed by atoms with Crippen molar-refractivity contribution in [3.05, 3.63) is 16.4 Å². The molecule has 0 amide bonds. The van der Waals surface area contributed by atoms with Crippen LogP contribution < -0.4 is 5.73 Å². The minimum atomic E-state index is -4.11. The first-order valence-electron chi connectivity index (χ1n) is 6.30.